The van der Waals surface area contributed by atoms with Gasteiger partial charge in [0.1, 0.15) is 6.54 Å². The standard InChI is InChI=1S/C5H14NO.C4H5F3O2.ClH/c1-6(2,3)4-5-7;1-2-9-3(8)4(5,6)7;/h7H,4-5H2,1-3H3;2H2,1H3;1H/q+1;;/p-1. The Morgan fingerprint density at radius 3 is 1.76 bits per heavy atom. The second kappa shape index (κ2) is 9.49. The van der Waals surface area contributed by atoms with Gasteiger partial charge in [-0.15, -0.1) is 0 Å². The number of likely N-dealkylation sites (N-methyl/N-ethyl adjacent to an activating group) is 1. The molecule has 17 heavy (non-hydrogen) atoms. The van der Waals surface area contributed by atoms with Crippen molar-refractivity contribution in [2.75, 3.05) is 40.9 Å². The Bertz CT molecular complexity index is 205. The first-order valence-corrected chi connectivity index (χ1v) is 4.70. The van der Waals surface area contributed by atoms with Crippen molar-refractivity contribution in [1.29, 1.82) is 0 Å². The third-order valence-corrected chi connectivity index (χ3v) is 1.28. The maximum atomic E-state index is 11.2. The Kier molecular flexibility index (Phi) is 12.1. The van der Waals surface area contributed by atoms with Gasteiger partial charge in [0, 0.05) is 0 Å². The lowest BCUT2D eigenvalue weighted by Crippen LogP contribution is -3.00. The molecule has 0 unspecified atom stereocenters. The van der Waals surface area contributed by atoms with Crippen molar-refractivity contribution in [2.24, 2.45) is 0 Å². The second-order valence-corrected chi connectivity index (χ2v) is 3.96. The molecule has 0 aliphatic carbocycles. The van der Waals surface area contributed by atoms with Gasteiger partial charge in [0.2, 0.25) is 0 Å². The fourth-order valence-corrected chi connectivity index (χ4v) is 0.513. The summed E-state index contributed by atoms with van der Waals surface area (Å²) >= 11 is 0. The van der Waals surface area contributed by atoms with E-state index < -0.39 is 12.1 Å². The summed E-state index contributed by atoms with van der Waals surface area (Å²) < 4.78 is 38.0. The fourth-order valence-electron chi connectivity index (χ4n) is 0.513. The number of esters is 1. The number of quaternary nitrogens is 1. The minimum atomic E-state index is -4.85. The zero-order valence-electron chi connectivity index (χ0n) is 10.3. The molecular formula is C9H19ClF3NO3. The lowest BCUT2D eigenvalue weighted by molar-refractivity contribution is -0.870. The Labute approximate surface area is 105 Å². The quantitative estimate of drug-likeness (QED) is 0.472. The summed E-state index contributed by atoms with van der Waals surface area (Å²) in [5.41, 5.74) is 0. The molecule has 4 nitrogen and oxygen atoms in total. The molecular weight excluding hydrogens is 263 g/mol. The molecule has 0 aliphatic heterocycles. The van der Waals surface area contributed by atoms with E-state index in [4.69, 9.17) is 5.11 Å². The molecule has 0 saturated heterocycles. The molecule has 1 N–H and O–H groups in total. The molecule has 0 aliphatic rings. The summed E-state index contributed by atoms with van der Waals surface area (Å²) in [6.07, 6.45) is -4.85. The molecule has 0 aromatic rings. The van der Waals surface area contributed by atoms with E-state index in [1.165, 1.54) is 6.92 Å². The van der Waals surface area contributed by atoms with Crippen molar-refractivity contribution in [3.63, 3.8) is 0 Å². The number of rotatable bonds is 3. The van der Waals surface area contributed by atoms with E-state index in [1.807, 2.05) is 0 Å². The lowest BCUT2D eigenvalue weighted by Gasteiger charge is -2.21. The van der Waals surface area contributed by atoms with Gasteiger partial charge in [-0.05, 0) is 6.92 Å². The smallest absolute Gasteiger partial charge is 0.490 e. The molecule has 0 aromatic carbocycles. The number of hydrogen-bond acceptors (Lipinski definition) is 3. The molecule has 106 valence electrons. The van der Waals surface area contributed by atoms with Crippen LogP contribution in [-0.4, -0.2) is 62.6 Å². The Morgan fingerprint density at radius 2 is 1.71 bits per heavy atom. The first-order valence-electron chi connectivity index (χ1n) is 4.70. The Balaban J connectivity index is -0.000000224. The van der Waals surface area contributed by atoms with Gasteiger partial charge in [0.25, 0.3) is 0 Å². The van der Waals surface area contributed by atoms with Crippen LogP contribution < -0.4 is 12.4 Å². The van der Waals surface area contributed by atoms with Crippen LogP contribution in [0.1, 0.15) is 6.92 Å². The van der Waals surface area contributed by atoms with Gasteiger partial charge in [0.15, 0.2) is 0 Å². The average molecular weight is 282 g/mol. The summed E-state index contributed by atoms with van der Waals surface area (Å²) in [4.78, 5) is 9.72. The van der Waals surface area contributed by atoms with Gasteiger partial charge in [-0.1, -0.05) is 0 Å². The Hall–Kier alpha value is -0.530. The predicted octanol–water partition coefficient (Wildman–Crippen LogP) is -2.20. The summed E-state index contributed by atoms with van der Waals surface area (Å²) in [7, 11) is 6.16. The molecule has 0 saturated carbocycles. The lowest BCUT2D eigenvalue weighted by atomic mass is 10.5. The minimum absolute atomic E-state index is 0. The second-order valence-electron chi connectivity index (χ2n) is 3.96. The molecule has 0 amide bonds. The number of aliphatic hydroxyl groups excluding tert-OH is 1. The van der Waals surface area contributed by atoms with Crippen LogP contribution in [0.5, 0.6) is 0 Å². The third-order valence-electron chi connectivity index (χ3n) is 1.28. The molecule has 0 bridgehead atoms. The third kappa shape index (κ3) is 18.1. The van der Waals surface area contributed by atoms with E-state index in [2.05, 4.69) is 25.9 Å². The largest absolute Gasteiger partial charge is 1.00 e. The van der Waals surface area contributed by atoms with E-state index in [-0.39, 0.29) is 25.6 Å². The average Bonchev–Trinajstić information content (AvgIpc) is 2.01. The van der Waals surface area contributed by atoms with Crippen molar-refractivity contribution in [1.82, 2.24) is 0 Å². The van der Waals surface area contributed by atoms with E-state index >= 15 is 0 Å². The first kappa shape index (κ1) is 21.7. The highest BCUT2D eigenvalue weighted by atomic mass is 35.5. The molecule has 0 fully saturated rings. The van der Waals surface area contributed by atoms with Crippen molar-refractivity contribution in [3.8, 4) is 0 Å². The minimum Gasteiger partial charge on any atom is -1.00 e. The van der Waals surface area contributed by atoms with Crippen molar-refractivity contribution >= 4 is 5.97 Å². The molecule has 0 atom stereocenters. The van der Waals surface area contributed by atoms with Crippen LogP contribution >= 0.6 is 0 Å². The molecule has 0 radical (unpaired) electrons. The van der Waals surface area contributed by atoms with Crippen LogP contribution in [0.15, 0.2) is 0 Å². The Morgan fingerprint density at radius 1 is 1.29 bits per heavy atom. The van der Waals surface area contributed by atoms with E-state index in [9.17, 15) is 18.0 Å². The summed E-state index contributed by atoms with van der Waals surface area (Å²) in [5.74, 6) is -2.13. The number of carbonyl (C=O) groups excluding carboxylic acids is 1. The van der Waals surface area contributed by atoms with E-state index in [0.717, 1.165) is 11.0 Å². The maximum absolute atomic E-state index is 11.2. The molecule has 0 aromatic heterocycles. The van der Waals surface area contributed by atoms with Crippen molar-refractivity contribution in [2.45, 2.75) is 13.1 Å². The highest BCUT2D eigenvalue weighted by Crippen LogP contribution is 2.15. The highest BCUT2D eigenvalue weighted by Gasteiger charge is 2.40. The molecule has 0 heterocycles. The number of alkyl halides is 3. The highest BCUT2D eigenvalue weighted by molar-refractivity contribution is 5.75. The molecule has 8 heteroatoms. The monoisotopic (exact) mass is 281 g/mol. The zero-order valence-corrected chi connectivity index (χ0v) is 11.1. The number of hydrogen-bond donors (Lipinski definition) is 1. The van der Waals surface area contributed by atoms with E-state index in [1.54, 1.807) is 0 Å². The van der Waals surface area contributed by atoms with Crippen LogP contribution in [0.4, 0.5) is 13.2 Å². The number of ether oxygens (including phenoxy) is 1. The number of carbonyl (C=O) groups is 1. The van der Waals surface area contributed by atoms with Crippen LogP contribution in [0, 0.1) is 0 Å². The number of nitrogens with zero attached hydrogens (tertiary/aromatic N) is 1. The number of halogens is 4. The van der Waals surface area contributed by atoms with Gasteiger partial charge in [-0.2, -0.15) is 13.2 Å². The molecule has 0 rings (SSSR count). The fraction of sp³-hybridized carbons (Fsp3) is 0.889. The van der Waals surface area contributed by atoms with Crippen LogP contribution in [0.2, 0.25) is 0 Å². The van der Waals surface area contributed by atoms with Gasteiger partial charge in [-0.25, -0.2) is 4.79 Å². The topological polar surface area (TPSA) is 46.5 Å². The van der Waals surface area contributed by atoms with Gasteiger partial charge < -0.3 is 26.7 Å². The normalized spacial score (nSPS) is 10.8. The van der Waals surface area contributed by atoms with Crippen molar-refractivity contribution < 1.29 is 44.7 Å². The SMILES string of the molecule is CCOC(=O)C(F)(F)F.C[N+](C)(C)CCO.[Cl-]. The first-order chi connectivity index (χ1) is 7.04. The van der Waals surface area contributed by atoms with Gasteiger partial charge >= 0.3 is 12.1 Å². The number of aliphatic hydroxyl groups is 1. The molecule has 0 spiro atoms. The summed E-state index contributed by atoms with van der Waals surface area (Å²) in [5, 5.41) is 8.39. The van der Waals surface area contributed by atoms with Crippen LogP contribution in [-0.2, 0) is 9.53 Å². The van der Waals surface area contributed by atoms with Crippen LogP contribution in [0.3, 0.4) is 0 Å². The predicted molar refractivity (Wildman–Crippen MR) is 52.7 cm³/mol. The zero-order chi connectivity index (χ0) is 13.4. The van der Waals surface area contributed by atoms with E-state index in [0.29, 0.717) is 0 Å². The van der Waals surface area contributed by atoms with Crippen molar-refractivity contribution in [3.05, 3.63) is 0 Å². The van der Waals surface area contributed by atoms with Gasteiger partial charge in [0.05, 0.1) is 34.4 Å². The van der Waals surface area contributed by atoms with Gasteiger partial charge in [-0.3, -0.25) is 0 Å². The summed E-state index contributed by atoms with van der Waals surface area (Å²) in [6.45, 7) is 2.17. The summed E-state index contributed by atoms with van der Waals surface area (Å²) in [6, 6.07) is 0. The maximum Gasteiger partial charge on any atom is 0.490 e. The van der Waals surface area contributed by atoms with Crippen LogP contribution in [0.25, 0.3) is 0 Å².